The molecule has 5 nitrogen and oxygen atoms in total. The first kappa shape index (κ1) is 10.3. The van der Waals surface area contributed by atoms with Crippen LogP contribution in [0, 0.1) is 11.8 Å². The number of hydrogen-bond donors (Lipinski definition) is 1. The molecule has 1 aliphatic rings. The zero-order chi connectivity index (χ0) is 12.0. The molecule has 0 spiro atoms. The van der Waals surface area contributed by atoms with E-state index in [-0.39, 0.29) is 5.56 Å². The van der Waals surface area contributed by atoms with E-state index in [1.54, 1.807) is 18.2 Å². The van der Waals surface area contributed by atoms with Crippen LogP contribution in [0.5, 0.6) is 0 Å². The zero-order valence-electron chi connectivity index (χ0n) is 9.50. The SMILES string of the molecule is CC1CC1Cn1nnc2cc(C(=O)O)ccc21. The molecule has 1 N–H and O–H groups in total. The molecule has 1 aromatic carbocycles. The van der Waals surface area contributed by atoms with E-state index in [9.17, 15) is 4.79 Å². The molecule has 0 radical (unpaired) electrons. The van der Waals surface area contributed by atoms with E-state index in [2.05, 4.69) is 17.2 Å². The average Bonchev–Trinajstić information content (AvgIpc) is 2.85. The second-order valence-corrected chi connectivity index (χ2v) is 4.75. The maximum absolute atomic E-state index is 10.8. The molecule has 1 fully saturated rings. The molecule has 2 aromatic rings. The third-order valence-corrected chi connectivity index (χ3v) is 3.44. The van der Waals surface area contributed by atoms with Gasteiger partial charge < -0.3 is 5.11 Å². The van der Waals surface area contributed by atoms with Gasteiger partial charge in [-0.05, 0) is 36.5 Å². The molecule has 1 aliphatic carbocycles. The number of rotatable bonds is 3. The molecule has 0 bridgehead atoms. The van der Waals surface area contributed by atoms with Gasteiger partial charge in [-0.3, -0.25) is 0 Å². The van der Waals surface area contributed by atoms with Crippen LogP contribution < -0.4 is 0 Å². The van der Waals surface area contributed by atoms with Crippen LogP contribution in [0.1, 0.15) is 23.7 Å². The largest absolute Gasteiger partial charge is 0.478 e. The molecule has 17 heavy (non-hydrogen) atoms. The Labute approximate surface area is 98.0 Å². The summed E-state index contributed by atoms with van der Waals surface area (Å²) in [6, 6.07) is 4.95. The highest BCUT2D eigenvalue weighted by Gasteiger charge is 2.33. The van der Waals surface area contributed by atoms with Gasteiger partial charge in [-0.15, -0.1) is 5.10 Å². The predicted octanol–water partition coefficient (Wildman–Crippen LogP) is 1.79. The van der Waals surface area contributed by atoms with Gasteiger partial charge in [0.1, 0.15) is 5.52 Å². The highest BCUT2D eigenvalue weighted by atomic mass is 16.4. The van der Waals surface area contributed by atoms with E-state index in [4.69, 9.17) is 5.11 Å². The Kier molecular flexibility index (Phi) is 2.14. The van der Waals surface area contributed by atoms with Crippen molar-refractivity contribution < 1.29 is 9.90 Å². The molecular weight excluding hydrogens is 218 g/mol. The summed E-state index contributed by atoms with van der Waals surface area (Å²) in [5, 5.41) is 17.0. The first-order valence-electron chi connectivity index (χ1n) is 5.71. The van der Waals surface area contributed by atoms with Crippen LogP contribution in [0.2, 0.25) is 0 Å². The minimum absolute atomic E-state index is 0.254. The van der Waals surface area contributed by atoms with Gasteiger partial charge in [0.05, 0.1) is 11.1 Å². The molecule has 2 atom stereocenters. The lowest BCUT2D eigenvalue weighted by atomic mass is 10.2. The van der Waals surface area contributed by atoms with Gasteiger partial charge in [0.2, 0.25) is 0 Å². The number of carboxylic acid groups (broad SMARTS) is 1. The highest BCUT2D eigenvalue weighted by Crippen LogP contribution is 2.39. The Morgan fingerprint density at radius 1 is 1.59 bits per heavy atom. The molecule has 88 valence electrons. The van der Waals surface area contributed by atoms with Crippen LogP contribution in [0.15, 0.2) is 18.2 Å². The van der Waals surface area contributed by atoms with Crippen LogP contribution >= 0.6 is 0 Å². The van der Waals surface area contributed by atoms with Gasteiger partial charge >= 0.3 is 5.97 Å². The van der Waals surface area contributed by atoms with E-state index in [1.165, 1.54) is 6.42 Å². The van der Waals surface area contributed by atoms with Crippen molar-refractivity contribution >= 4 is 17.0 Å². The number of nitrogens with zero attached hydrogens (tertiary/aromatic N) is 3. The third kappa shape index (κ3) is 1.77. The topological polar surface area (TPSA) is 68.0 Å². The van der Waals surface area contributed by atoms with Crippen LogP contribution in [0.4, 0.5) is 0 Å². The molecule has 3 rings (SSSR count). The fourth-order valence-corrected chi connectivity index (χ4v) is 2.12. The summed E-state index contributed by atoms with van der Waals surface area (Å²) < 4.78 is 1.87. The summed E-state index contributed by atoms with van der Waals surface area (Å²) in [5.41, 5.74) is 1.82. The minimum Gasteiger partial charge on any atom is -0.478 e. The second-order valence-electron chi connectivity index (χ2n) is 4.75. The number of hydrogen-bond acceptors (Lipinski definition) is 3. The second kappa shape index (κ2) is 3.55. The average molecular weight is 231 g/mol. The van der Waals surface area contributed by atoms with Crippen LogP contribution in [0.25, 0.3) is 11.0 Å². The van der Waals surface area contributed by atoms with Crippen molar-refractivity contribution in [3.05, 3.63) is 23.8 Å². The summed E-state index contributed by atoms with van der Waals surface area (Å²) >= 11 is 0. The third-order valence-electron chi connectivity index (χ3n) is 3.44. The van der Waals surface area contributed by atoms with Gasteiger partial charge in [0.25, 0.3) is 0 Å². The Hall–Kier alpha value is -1.91. The number of carboxylic acids is 1. The molecule has 1 aromatic heterocycles. The van der Waals surface area contributed by atoms with Gasteiger partial charge in [-0.25, -0.2) is 9.48 Å². The van der Waals surface area contributed by atoms with Crippen molar-refractivity contribution in [2.45, 2.75) is 19.9 Å². The van der Waals surface area contributed by atoms with Gasteiger partial charge in [-0.2, -0.15) is 0 Å². The lowest BCUT2D eigenvalue weighted by molar-refractivity contribution is 0.0697. The number of aromatic carboxylic acids is 1. The molecular formula is C12H13N3O2. The molecule has 5 heteroatoms. The monoisotopic (exact) mass is 231 g/mol. The first-order chi connectivity index (χ1) is 8.15. The number of aromatic nitrogens is 3. The normalized spacial score (nSPS) is 22.9. The van der Waals surface area contributed by atoms with Gasteiger partial charge in [-0.1, -0.05) is 12.1 Å². The van der Waals surface area contributed by atoms with Crippen molar-refractivity contribution in [2.24, 2.45) is 11.8 Å². The quantitative estimate of drug-likeness (QED) is 0.874. The Balaban J connectivity index is 1.96. The fourth-order valence-electron chi connectivity index (χ4n) is 2.12. The molecule has 1 saturated carbocycles. The van der Waals surface area contributed by atoms with E-state index in [0.29, 0.717) is 11.4 Å². The number of fused-ring (bicyclic) bond motifs is 1. The maximum Gasteiger partial charge on any atom is 0.335 e. The minimum atomic E-state index is -0.933. The summed E-state index contributed by atoms with van der Waals surface area (Å²) in [6.07, 6.45) is 1.24. The van der Waals surface area contributed by atoms with Crippen molar-refractivity contribution in [2.75, 3.05) is 0 Å². The Bertz CT molecular complexity index is 590. The summed E-state index contributed by atoms with van der Waals surface area (Å²) in [4.78, 5) is 10.8. The Morgan fingerprint density at radius 2 is 2.35 bits per heavy atom. The fraction of sp³-hybridized carbons (Fsp3) is 0.417. The van der Waals surface area contributed by atoms with Crippen molar-refractivity contribution in [3.8, 4) is 0 Å². The lowest BCUT2D eigenvalue weighted by Gasteiger charge is -2.00. The molecule has 0 aliphatic heterocycles. The lowest BCUT2D eigenvalue weighted by Crippen LogP contribution is -2.03. The van der Waals surface area contributed by atoms with Gasteiger partial charge in [0, 0.05) is 6.54 Å². The highest BCUT2D eigenvalue weighted by molar-refractivity contribution is 5.92. The molecule has 2 unspecified atom stereocenters. The maximum atomic E-state index is 10.8. The number of benzene rings is 1. The van der Waals surface area contributed by atoms with Crippen molar-refractivity contribution in [3.63, 3.8) is 0 Å². The smallest absolute Gasteiger partial charge is 0.335 e. The van der Waals surface area contributed by atoms with Crippen molar-refractivity contribution in [1.29, 1.82) is 0 Å². The van der Waals surface area contributed by atoms with Crippen LogP contribution in [-0.2, 0) is 6.54 Å². The molecule has 0 amide bonds. The summed E-state index contributed by atoms with van der Waals surface area (Å²) in [5.74, 6) is 0.531. The molecule has 1 heterocycles. The van der Waals surface area contributed by atoms with Gasteiger partial charge in [0.15, 0.2) is 0 Å². The zero-order valence-corrected chi connectivity index (χ0v) is 9.50. The van der Waals surface area contributed by atoms with E-state index < -0.39 is 5.97 Å². The van der Waals surface area contributed by atoms with E-state index in [0.717, 1.165) is 18.0 Å². The predicted molar refractivity (Wildman–Crippen MR) is 61.8 cm³/mol. The standard InChI is InChI=1S/C12H13N3O2/c1-7-4-9(7)6-15-11-3-2-8(12(16)17)5-10(11)13-14-15/h2-3,5,7,9H,4,6H2,1H3,(H,16,17). The summed E-state index contributed by atoms with van der Waals surface area (Å²) in [6.45, 7) is 3.11. The summed E-state index contributed by atoms with van der Waals surface area (Å²) in [7, 11) is 0. The molecule has 0 saturated heterocycles. The van der Waals surface area contributed by atoms with Crippen LogP contribution in [-0.4, -0.2) is 26.1 Å². The van der Waals surface area contributed by atoms with E-state index in [1.807, 2.05) is 4.68 Å². The number of carbonyl (C=O) groups is 1. The van der Waals surface area contributed by atoms with E-state index >= 15 is 0 Å². The Morgan fingerprint density at radius 3 is 3.00 bits per heavy atom. The first-order valence-corrected chi connectivity index (χ1v) is 5.71. The van der Waals surface area contributed by atoms with Crippen molar-refractivity contribution in [1.82, 2.24) is 15.0 Å². The van der Waals surface area contributed by atoms with Crippen LogP contribution in [0.3, 0.4) is 0 Å².